The maximum absolute atomic E-state index is 14.2. The van der Waals surface area contributed by atoms with Crippen molar-refractivity contribution in [3.63, 3.8) is 0 Å². The van der Waals surface area contributed by atoms with Gasteiger partial charge < -0.3 is 15.0 Å². The highest BCUT2D eigenvalue weighted by molar-refractivity contribution is 7.92. The van der Waals surface area contributed by atoms with Crippen molar-refractivity contribution in [2.24, 2.45) is 0 Å². The van der Waals surface area contributed by atoms with Crippen LogP contribution in [0.2, 0.25) is 5.02 Å². The maximum Gasteiger partial charge on any atom is 0.264 e. The lowest BCUT2D eigenvalue weighted by Gasteiger charge is -2.34. The Bertz CT molecular complexity index is 1460. The zero-order valence-electron chi connectivity index (χ0n) is 24.7. The van der Waals surface area contributed by atoms with Crippen LogP contribution in [0.5, 0.6) is 5.75 Å². The van der Waals surface area contributed by atoms with Crippen LogP contribution in [0.3, 0.4) is 0 Å². The van der Waals surface area contributed by atoms with Gasteiger partial charge >= 0.3 is 0 Å². The standard InChI is InChI=1S/C33H40ClN3O5S/c1-3-30(33(39)35-26-15-9-5-10-16-26)36(22-21-25-13-7-4-8-14-25)32(38)24-37(27-19-20-31(42-2)29(34)23-27)43(40,41)28-17-11-6-12-18-28/h4,6-8,11-14,17-20,23,26,30H,3,5,9-10,15-16,21-22,24H2,1-2H3,(H,35,39)/t30-/m0/s1. The Morgan fingerprint density at radius 1 is 0.977 bits per heavy atom. The van der Waals surface area contributed by atoms with Crippen molar-refractivity contribution in [1.29, 1.82) is 0 Å². The Morgan fingerprint density at radius 3 is 2.23 bits per heavy atom. The highest BCUT2D eigenvalue weighted by atomic mass is 35.5. The number of hydrogen-bond donors (Lipinski definition) is 1. The number of halogens is 1. The van der Waals surface area contributed by atoms with Crippen LogP contribution >= 0.6 is 11.6 Å². The number of carbonyl (C=O) groups excluding carboxylic acids is 2. The quantitative estimate of drug-likeness (QED) is 0.257. The molecular formula is C33H40ClN3O5S. The average Bonchev–Trinajstić information content (AvgIpc) is 3.03. The van der Waals surface area contributed by atoms with Gasteiger partial charge in [0.1, 0.15) is 18.3 Å². The molecule has 0 radical (unpaired) electrons. The van der Waals surface area contributed by atoms with Gasteiger partial charge in [-0.3, -0.25) is 13.9 Å². The molecule has 4 rings (SSSR count). The number of methoxy groups -OCH3 is 1. The fourth-order valence-corrected chi connectivity index (χ4v) is 7.18. The first-order chi connectivity index (χ1) is 20.7. The molecule has 0 heterocycles. The molecule has 10 heteroatoms. The molecule has 0 bridgehead atoms. The van der Waals surface area contributed by atoms with E-state index in [-0.39, 0.29) is 34.1 Å². The van der Waals surface area contributed by atoms with Gasteiger partial charge in [0.15, 0.2) is 0 Å². The maximum atomic E-state index is 14.2. The molecule has 0 saturated heterocycles. The first-order valence-corrected chi connectivity index (χ1v) is 16.6. The molecule has 1 aliphatic rings. The molecule has 0 aromatic heterocycles. The number of hydrogen-bond acceptors (Lipinski definition) is 5. The monoisotopic (exact) mass is 625 g/mol. The van der Waals surface area contributed by atoms with Gasteiger partial charge in [-0.05, 0) is 61.6 Å². The van der Waals surface area contributed by atoms with Gasteiger partial charge in [0.25, 0.3) is 10.0 Å². The SMILES string of the molecule is CC[C@@H](C(=O)NC1CCCCC1)N(CCc1ccccc1)C(=O)CN(c1ccc(OC)c(Cl)c1)S(=O)(=O)c1ccccc1. The summed E-state index contributed by atoms with van der Waals surface area (Å²) in [6, 6.07) is 21.6. The van der Waals surface area contributed by atoms with Crippen LogP contribution < -0.4 is 14.4 Å². The van der Waals surface area contributed by atoms with Crippen molar-refractivity contribution in [2.75, 3.05) is 24.5 Å². The number of ether oxygens (including phenoxy) is 1. The molecule has 230 valence electrons. The molecule has 1 aliphatic carbocycles. The van der Waals surface area contributed by atoms with Gasteiger partial charge in [-0.15, -0.1) is 0 Å². The van der Waals surface area contributed by atoms with Crippen molar-refractivity contribution in [1.82, 2.24) is 10.2 Å². The van der Waals surface area contributed by atoms with Crippen molar-refractivity contribution in [3.05, 3.63) is 89.4 Å². The van der Waals surface area contributed by atoms with Crippen molar-refractivity contribution in [2.45, 2.75) is 68.8 Å². The van der Waals surface area contributed by atoms with E-state index < -0.39 is 28.5 Å². The van der Waals surface area contributed by atoms with Crippen LogP contribution in [-0.4, -0.2) is 57.4 Å². The topological polar surface area (TPSA) is 96.0 Å². The first-order valence-electron chi connectivity index (χ1n) is 14.8. The number of carbonyl (C=O) groups is 2. The van der Waals surface area contributed by atoms with E-state index in [0.717, 1.165) is 42.0 Å². The summed E-state index contributed by atoms with van der Waals surface area (Å²) in [5.41, 5.74) is 1.23. The zero-order valence-corrected chi connectivity index (χ0v) is 26.3. The summed E-state index contributed by atoms with van der Waals surface area (Å²) in [6.45, 7) is 1.61. The van der Waals surface area contributed by atoms with Gasteiger partial charge in [-0.25, -0.2) is 8.42 Å². The summed E-state index contributed by atoms with van der Waals surface area (Å²) in [6.07, 6.45) is 6.03. The highest BCUT2D eigenvalue weighted by Gasteiger charge is 2.34. The Hall–Kier alpha value is -3.56. The third kappa shape index (κ3) is 8.30. The molecule has 8 nitrogen and oxygen atoms in total. The summed E-state index contributed by atoms with van der Waals surface area (Å²) >= 11 is 6.40. The number of anilines is 1. The third-order valence-corrected chi connectivity index (χ3v) is 9.94. The molecule has 0 spiro atoms. The van der Waals surface area contributed by atoms with Crippen LogP contribution in [0.1, 0.15) is 51.0 Å². The predicted molar refractivity (Wildman–Crippen MR) is 170 cm³/mol. The number of nitrogens with zero attached hydrogens (tertiary/aromatic N) is 2. The Labute approximate surface area is 260 Å². The largest absolute Gasteiger partial charge is 0.495 e. The lowest BCUT2D eigenvalue weighted by Crippen LogP contribution is -2.54. The van der Waals surface area contributed by atoms with Gasteiger partial charge in [-0.1, -0.05) is 86.3 Å². The predicted octanol–water partition coefficient (Wildman–Crippen LogP) is 5.84. The second kappa shape index (κ2) is 15.3. The Morgan fingerprint density at radius 2 is 1.63 bits per heavy atom. The molecule has 0 unspecified atom stereocenters. The molecule has 3 aromatic carbocycles. The second-order valence-electron chi connectivity index (χ2n) is 10.7. The third-order valence-electron chi connectivity index (χ3n) is 7.86. The van der Waals surface area contributed by atoms with Crippen LogP contribution in [-0.2, 0) is 26.0 Å². The van der Waals surface area contributed by atoms with Crippen LogP contribution in [0.15, 0.2) is 83.8 Å². The molecule has 1 N–H and O–H groups in total. The van der Waals surface area contributed by atoms with Gasteiger partial charge in [-0.2, -0.15) is 0 Å². The minimum Gasteiger partial charge on any atom is -0.495 e. The minimum absolute atomic E-state index is 0.0349. The number of rotatable bonds is 13. The summed E-state index contributed by atoms with van der Waals surface area (Å²) < 4.78 is 34.3. The first kappa shape index (κ1) is 32.4. The molecule has 0 aliphatic heterocycles. The van der Waals surface area contributed by atoms with Crippen molar-refractivity contribution in [3.8, 4) is 5.75 Å². The van der Waals surface area contributed by atoms with Gasteiger partial charge in [0.2, 0.25) is 11.8 Å². The average molecular weight is 626 g/mol. The van der Waals surface area contributed by atoms with Crippen molar-refractivity contribution >= 4 is 39.1 Å². The molecule has 3 aromatic rings. The minimum atomic E-state index is -4.18. The molecular weight excluding hydrogens is 586 g/mol. The summed E-state index contributed by atoms with van der Waals surface area (Å²) in [4.78, 5) is 29.4. The number of benzene rings is 3. The van der Waals surface area contributed by atoms with Crippen molar-refractivity contribution < 1.29 is 22.7 Å². The van der Waals surface area contributed by atoms with E-state index in [0.29, 0.717) is 18.6 Å². The van der Waals surface area contributed by atoms with E-state index in [1.54, 1.807) is 30.3 Å². The van der Waals surface area contributed by atoms with E-state index in [9.17, 15) is 18.0 Å². The Kier molecular flexibility index (Phi) is 11.5. The molecule has 43 heavy (non-hydrogen) atoms. The molecule has 2 amide bonds. The van der Waals surface area contributed by atoms with Crippen LogP contribution in [0, 0.1) is 0 Å². The number of amides is 2. The van der Waals surface area contributed by atoms with Crippen LogP contribution in [0.25, 0.3) is 0 Å². The van der Waals surface area contributed by atoms with E-state index >= 15 is 0 Å². The van der Waals surface area contributed by atoms with E-state index in [1.165, 1.54) is 30.2 Å². The lowest BCUT2D eigenvalue weighted by atomic mass is 9.95. The van der Waals surface area contributed by atoms with Gasteiger partial charge in [0, 0.05) is 12.6 Å². The van der Waals surface area contributed by atoms with E-state index in [1.807, 2.05) is 37.3 Å². The number of sulfonamides is 1. The molecule has 1 saturated carbocycles. The normalized spacial score (nSPS) is 14.5. The second-order valence-corrected chi connectivity index (χ2v) is 13.0. The summed E-state index contributed by atoms with van der Waals surface area (Å²) in [5, 5.41) is 3.38. The fraction of sp³-hybridized carbons (Fsp3) is 0.394. The van der Waals surface area contributed by atoms with E-state index in [4.69, 9.17) is 16.3 Å². The highest BCUT2D eigenvalue weighted by Crippen LogP contribution is 2.32. The summed E-state index contributed by atoms with van der Waals surface area (Å²) in [7, 11) is -2.71. The molecule has 1 fully saturated rings. The van der Waals surface area contributed by atoms with Crippen LogP contribution in [0.4, 0.5) is 5.69 Å². The fourth-order valence-electron chi connectivity index (χ4n) is 5.50. The lowest BCUT2D eigenvalue weighted by molar-refractivity contribution is -0.140. The number of nitrogens with one attached hydrogen (secondary N) is 1. The van der Waals surface area contributed by atoms with E-state index in [2.05, 4.69) is 5.32 Å². The Balaban J connectivity index is 1.68. The summed E-state index contributed by atoms with van der Waals surface area (Å²) in [5.74, 6) is -0.308. The zero-order chi connectivity index (χ0) is 30.8. The van der Waals surface area contributed by atoms with Gasteiger partial charge in [0.05, 0.1) is 22.7 Å². The molecule has 1 atom stereocenters. The smallest absolute Gasteiger partial charge is 0.264 e.